The van der Waals surface area contributed by atoms with E-state index in [1.54, 1.807) is 16.3 Å². The standard InChI is InChI=1S/C22H25N7O2/c1-22(2,3)21(30)26-16-7-6-13(10-18(16)31-5)14-11-17(15-8-9-28(4)27-15)29-19(14)20(23)24-12-25-29/h6-12H,1-5H3,(H,26,30)(H2,23,24,25). The molecule has 9 heteroatoms. The number of hydrogen-bond acceptors (Lipinski definition) is 6. The number of amides is 1. The molecule has 1 aromatic carbocycles. The van der Waals surface area contributed by atoms with Crippen LogP contribution in [0.2, 0.25) is 0 Å². The molecule has 3 aromatic heterocycles. The van der Waals surface area contributed by atoms with Crippen molar-refractivity contribution in [3.05, 3.63) is 42.9 Å². The SMILES string of the molecule is COc1cc(-c2cc(-c3ccn(C)n3)n3ncnc(N)c23)ccc1NC(=O)C(C)(C)C. The van der Waals surface area contributed by atoms with Gasteiger partial charge >= 0.3 is 0 Å². The fourth-order valence-corrected chi connectivity index (χ4v) is 3.29. The first kappa shape index (κ1) is 20.4. The van der Waals surface area contributed by atoms with E-state index in [2.05, 4.69) is 20.5 Å². The molecular weight excluding hydrogens is 394 g/mol. The quantitative estimate of drug-likeness (QED) is 0.524. The van der Waals surface area contributed by atoms with E-state index in [1.807, 2.05) is 64.3 Å². The zero-order chi connectivity index (χ0) is 22.3. The van der Waals surface area contributed by atoms with Crippen LogP contribution in [0.1, 0.15) is 20.8 Å². The van der Waals surface area contributed by atoms with Crippen molar-refractivity contribution in [1.82, 2.24) is 24.4 Å². The minimum absolute atomic E-state index is 0.0945. The number of benzene rings is 1. The molecule has 4 rings (SSSR count). The van der Waals surface area contributed by atoms with E-state index in [1.165, 1.54) is 6.33 Å². The van der Waals surface area contributed by atoms with Crippen molar-refractivity contribution in [3.63, 3.8) is 0 Å². The summed E-state index contributed by atoms with van der Waals surface area (Å²) in [4.78, 5) is 16.6. The summed E-state index contributed by atoms with van der Waals surface area (Å²) in [7, 11) is 3.43. The molecule has 0 radical (unpaired) electrons. The minimum atomic E-state index is -0.522. The predicted molar refractivity (Wildman–Crippen MR) is 120 cm³/mol. The number of nitrogen functional groups attached to an aromatic ring is 1. The number of aromatic nitrogens is 5. The van der Waals surface area contributed by atoms with Gasteiger partial charge in [-0.3, -0.25) is 9.48 Å². The van der Waals surface area contributed by atoms with Gasteiger partial charge in [-0.25, -0.2) is 9.50 Å². The first-order valence-corrected chi connectivity index (χ1v) is 9.81. The second kappa shape index (κ2) is 7.42. The molecule has 0 aliphatic heterocycles. The summed E-state index contributed by atoms with van der Waals surface area (Å²) >= 11 is 0. The number of carbonyl (C=O) groups excluding carboxylic acids is 1. The zero-order valence-corrected chi connectivity index (χ0v) is 18.2. The van der Waals surface area contributed by atoms with Gasteiger partial charge in [-0.2, -0.15) is 10.2 Å². The lowest BCUT2D eigenvalue weighted by Crippen LogP contribution is -2.27. The second-order valence-corrected chi connectivity index (χ2v) is 8.34. The fourth-order valence-electron chi connectivity index (χ4n) is 3.29. The number of anilines is 2. The maximum absolute atomic E-state index is 12.4. The molecule has 0 saturated carbocycles. The molecule has 0 unspecified atom stereocenters. The van der Waals surface area contributed by atoms with Crippen LogP contribution in [0, 0.1) is 5.41 Å². The molecule has 0 fully saturated rings. The first-order valence-electron chi connectivity index (χ1n) is 9.81. The minimum Gasteiger partial charge on any atom is -0.495 e. The summed E-state index contributed by atoms with van der Waals surface area (Å²) in [5, 5.41) is 11.8. The van der Waals surface area contributed by atoms with E-state index in [0.717, 1.165) is 22.5 Å². The predicted octanol–water partition coefficient (Wildman–Crippen LogP) is 3.37. The van der Waals surface area contributed by atoms with Gasteiger partial charge in [-0.1, -0.05) is 26.8 Å². The van der Waals surface area contributed by atoms with Crippen molar-refractivity contribution >= 4 is 22.9 Å². The van der Waals surface area contributed by atoms with Crippen molar-refractivity contribution in [2.24, 2.45) is 12.5 Å². The Hall–Kier alpha value is -3.88. The highest BCUT2D eigenvalue weighted by molar-refractivity contribution is 5.97. The lowest BCUT2D eigenvalue weighted by atomic mass is 9.95. The summed E-state index contributed by atoms with van der Waals surface area (Å²) in [5.74, 6) is 0.809. The van der Waals surface area contributed by atoms with Crippen LogP contribution in [0.3, 0.4) is 0 Å². The van der Waals surface area contributed by atoms with Crippen LogP contribution in [-0.2, 0) is 11.8 Å². The average Bonchev–Trinajstić information content (AvgIpc) is 3.32. The normalized spacial score (nSPS) is 11.6. The highest BCUT2D eigenvalue weighted by Crippen LogP contribution is 2.37. The summed E-state index contributed by atoms with van der Waals surface area (Å²) in [5.41, 5.74) is 10.2. The molecule has 0 bridgehead atoms. The molecule has 0 saturated heterocycles. The average molecular weight is 419 g/mol. The number of nitrogens with zero attached hydrogens (tertiary/aromatic N) is 5. The summed E-state index contributed by atoms with van der Waals surface area (Å²) in [6.45, 7) is 5.58. The van der Waals surface area contributed by atoms with E-state index >= 15 is 0 Å². The number of ether oxygens (including phenoxy) is 1. The monoisotopic (exact) mass is 419 g/mol. The third-order valence-corrected chi connectivity index (χ3v) is 5.00. The smallest absolute Gasteiger partial charge is 0.229 e. The molecule has 0 atom stereocenters. The number of carbonyl (C=O) groups is 1. The highest BCUT2D eigenvalue weighted by atomic mass is 16.5. The van der Waals surface area contributed by atoms with Crippen molar-refractivity contribution in [1.29, 1.82) is 0 Å². The topological polar surface area (TPSA) is 112 Å². The Balaban J connectivity index is 1.85. The van der Waals surface area contributed by atoms with Crippen molar-refractivity contribution in [2.45, 2.75) is 20.8 Å². The molecule has 160 valence electrons. The second-order valence-electron chi connectivity index (χ2n) is 8.34. The number of aryl methyl sites for hydroxylation is 1. The highest BCUT2D eigenvalue weighted by Gasteiger charge is 2.23. The van der Waals surface area contributed by atoms with Gasteiger partial charge in [0.15, 0.2) is 5.82 Å². The van der Waals surface area contributed by atoms with Crippen LogP contribution in [0.5, 0.6) is 5.75 Å². The van der Waals surface area contributed by atoms with Gasteiger partial charge in [0.1, 0.15) is 23.3 Å². The number of nitrogens with two attached hydrogens (primary N) is 1. The summed E-state index contributed by atoms with van der Waals surface area (Å²) in [6, 6.07) is 9.48. The Labute approximate surface area is 179 Å². The van der Waals surface area contributed by atoms with Crippen molar-refractivity contribution in [3.8, 4) is 28.3 Å². The third kappa shape index (κ3) is 3.70. The Morgan fingerprint density at radius 1 is 1.19 bits per heavy atom. The summed E-state index contributed by atoms with van der Waals surface area (Å²) < 4.78 is 9.03. The largest absolute Gasteiger partial charge is 0.495 e. The van der Waals surface area contributed by atoms with Gasteiger partial charge in [0.25, 0.3) is 0 Å². The maximum Gasteiger partial charge on any atom is 0.229 e. The van der Waals surface area contributed by atoms with Crippen molar-refractivity contribution in [2.75, 3.05) is 18.2 Å². The van der Waals surface area contributed by atoms with Gasteiger partial charge < -0.3 is 15.8 Å². The van der Waals surface area contributed by atoms with Gasteiger partial charge in [0, 0.05) is 24.2 Å². The number of rotatable bonds is 4. The first-order chi connectivity index (χ1) is 14.7. The third-order valence-electron chi connectivity index (χ3n) is 5.00. The van der Waals surface area contributed by atoms with Crippen LogP contribution in [0.4, 0.5) is 11.5 Å². The maximum atomic E-state index is 12.4. The molecular formula is C22H25N7O2. The number of hydrogen-bond donors (Lipinski definition) is 2. The van der Waals surface area contributed by atoms with Crippen LogP contribution in [0.15, 0.2) is 42.9 Å². The van der Waals surface area contributed by atoms with E-state index in [-0.39, 0.29) is 5.91 Å². The van der Waals surface area contributed by atoms with Gasteiger partial charge in [-0.15, -0.1) is 0 Å². The van der Waals surface area contributed by atoms with Crippen molar-refractivity contribution < 1.29 is 9.53 Å². The van der Waals surface area contributed by atoms with Gasteiger partial charge in [0.05, 0.1) is 18.5 Å². The van der Waals surface area contributed by atoms with Crippen LogP contribution >= 0.6 is 0 Å². The number of fused-ring (bicyclic) bond motifs is 1. The van der Waals surface area contributed by atoms with Crippen LogP contribution in [0.25, 0.3) is 28.0 Å². The molecule has 0 aliphatic rings. The lowest BCUT2D eigenvalue weighted by molar-refractivity contribution is -0.123. The van der Waals surface area contributed by atoms with E-state index in [4.69, 9.17) is 10.5 Å². The Bertz CT molecular complexity index is 1280. The molecule has 9 nitrogen and oxygen atoms in total. The molecule has 0 aliphatic carbocycles. The lowest BCUT2D eigenvalue weighted by Gasteiger charge is -2.19. The Morgan fingerprint density at radius 2 is 1.97 bits per heavy atom. The Morgan fingerprint density at radius 3 is 2.61 bits per heavy atom. The fraction of sp³-hybridized carbons (Fsp3) is 0.273. The molecule has 3 heterocycles. The zero-order valence-electron chi connectivity index (χ0n) is 18.2. The number of methoxy groups -OCH3 is 1. The molecule has 31 heavy (non-hydrogen) atoms. The van der Waals surface area contributed by atoms with E-state index in [9.17, 15) is 4.79 Å². The van der Waals surface area contributed by atoms with Gasteiger partial charge in [0.2, 0.25) is 5.91 Å². The number of nitrogens with one attached hydrogen (secondary N) is 1. The molecule has 1 amide bonds. The van der Waals surface area contributed by atoms with Gasteiger partial charge in [-0.05, 0) is 29.8 Å². The molecule has 0 spiro atoms. The van der Waals surface area contributed by atoms with E-state index < -0.39 is 5.41 Å². The Kier molecular flexibility index (Phi) is 4.88. The molecule has 4 aromatic rings. The van der Waals surface area contributed by atoms with E-state index in [0.29, 0.717) is 22.8 Å². The van der Waals surface area contributed by atoms with Crippen LogP contribution in [-0.4, -0.2) is 37.4 Å². The summed E-state index contributed by atoms with van der Waals surface area (Å²) in [6.07, 6.45) is 3.29. The van der Waals surface area contributed by atoms with Crippen LogP contribution < -0.4 is 15.8 Å². The molecule has 3 N–H and O–H groups in total.